The van der Waals surface area contributed by atoms with Gasteiger partial charge in [-0.2, -0.15) is 0 Å². The molecule has 1 amide bonds. The second-order valence-corrected chi connectivity index (χ2v) is 5.09. The number of aromatic carboxylic acids is 1. The number of carbonyl (C=O) groups is 2. The second-order valence-electron chi connectivity index (χ2n) is 3.87. The van der Waals surface area contributed by atoms with Crippen LogP contribution in [0.15, 0.2) is 12.1 Å². The number of anilines is 1. The van der Waals surface area contributed by atoms with Crippen molar-refractivity contribution < 1.29 is 14.7 Å². The fraction of sp³-hybridized carbons (Fsp3) is 0.250. The number of hydrogen-bond acceptors (Lipinski definition) is 3. The monoisotopic (exact) mass is 334 g/mol. The molecule has 108 valence electrons. The quantitative estimate of drug-likeness (QED) is 0.736. The molecule has 0 aliphatic heterocycles. The number of benzene rings is 1. The van der Waals surface area contributed by atoms with Crippen LogP contribution in [0.25, 0.3) is 0 Å². The predicted molar refractivity (Wildman–Crippen MR) is 82.7 cm³/mol. The van der Waals surface area contributed by atoms with E-state index in [0.29, 0.717) is 12.8 Å². The molecule has 8 heteroatoms. The first-order valence-electron chi connectivity index (χ1n) is 5.68. The van der Waals surface area contributed by atoms with Crippen LogP contribution in [0, 0.1) is 0 Å². The summed E-state index contributed by atoms with van der Waals surface area (Å²) in [6, 6.07) is 2.49. The Morgan fingerprint density at radius 2 is 1.85 bits per heavy atom. The van der Waals surface area contributed by atoms with Crippen LogP contribution < -0.4 is 10.6 Å². The molecule has 0 aliphatic rings. The SMILES string of the molecule is CCCC(=O)NC(=S)Nc1c(Cl)cc(C(=O)O)cc1Cl. The smallest absolute Gasteiger partial charge is 0.335 e. The molecule has 1 rings (SSSR count). The van der Waals surface area contributed by atoms with Gasteiger partial charge < -0.3 is 15.7 Å². The van der Waals surface area contributed by atoms with Crippen molar-refractivity contribution in [1.29, 1.82) is 0 Å². The molecule has 1 aromatic carbocycles. The van der Waals surface area contributed by atoms with Gasteiger partial charge >= 0.3 is 5.97 Å². The molecule has 0 aliphatic carbocycles. The molecule has 3 N–H and O–H groups in total. The van der Waals surface area contributed by atoms with Crippen LogP contribution in [0.4, 0.5) is 5.69 Å². The summed E-state index contributed by atoms with van der Waals surface area (Å²) in [4.78, 5) is 22.2. The Morgan fingerprint density at radius 3 is 2.30 bits per heavy atom. The van der Waals surface area contributed by atoms with Crippen molar-refractivity contribution in [3.63, 3.8) is 0 Å². The van der Waals surface area contributed by atoms with Gasteiger partial charge in [0.2, 0.25) is 5.91 Å². The van der Waals surface area contributed by atoms with Gasteiger partial charge in [-0.25, -0.2) is 4.79 Å². The lowest BCUT2D eigenvalue weighted by Crippen LogP contribution is -2.34. The van der Waals surface area contributed by atoms with Gasteiger partial charge in [0.25, 0.3) is 0 Å². The van der Waals surface area contributed by atoms with Gasteiger partial charge in [0.05, 0.1) is 21.3 Å². The van der Waals surface area contributed by atoms with E-state index in [-0.39, 0.29) is 32.3 Å². The van der Waals surface area contributed by atoms with E-state index in [4.69, 9.17) is 40.5 Å². The van der Waals surface area contributed by atoms with E-state index in [1.807, 2.05) is 6.92 Å². The maximum Gasteiger partial charge on any atom is 0.335 e. The molecular weight excluding hydrogens is 323 g/mol. The van der Waals surface area contributed by atoms with Crippen molar-refractivity contribution in [2.24, 2.45) is 0 Å². The third kappa shape index (κ3) is 4.63. The molecule has 0 saturated carbocycles. The van der Waals surface area contributed by atoms with Crippen LogP contribution in [0.3, 0.4) is 0 Å². The Bertz CT molecular complexity index is 541. The molecule has 0 unspecified atom stereocenters. The predicted octanol–water partition coefficient (Wildman–Crippen LogP) is 3.30. The number of carbonyl (C=O) groups excluding carboxylic acids is 1. The Morgan fingerprint density at radius 1 is 1.30 bits per heavy atom. The van der Waals surface area contributed by atoms with Crippen molar-refractivity contribution >= 4 is 58.1 Å². The zero-order chi connectivity index (χ0) is 15.3. The van der Waals surface area contributed by atoms with Crippen LogP contribution in [-0.2, 0) is 4.79 Å². The molecule has 0 heterocycles. The van der Waals surface area contributed by atoms with E-state index in [2.05, 4.69) is 10.6 Å². The highest BCUT2D eigenvalue weighted by atomic mass is 35.5. The maximum atomic E-state index is 11.4. The number of rotatable bonds is 4. The molecule has 0 bridgehead atoms. The standard InChI is InChI=1S/C12H12Cl2N2O3S/c1-2-3-9(17)15-12(20)16-10-7(13)4-6(11(18)19)5-8(10)14/h4-5H,2-3H2,1H3,(H,18,19)(H2,15,16,17,20). The summed E-state index contributed by atoms with van der Waals surface area (Å²) in [7, 11) is 0. The normalized spacial score (nSPS) is 9.95. The van der Waals surface area contributed by atoms with Crippen LogP contribution >= 0.6 is 35.4 Å². The molecule has 0 fully saturated rings. The fourth-order valence-corrected chi connectivity index (χ4v) is 2.17. The van der Waals surface area contributed by atoms with E-state index in [9.17, 15) is 9.59 Å². The summed E-state index contributed by atoms with van der Waals surface area (Å²) in [5.74, 6) is -1.36. The fourth-order valence-electron chi connectivity index (χ4n) is 1.38. The summed E-state index contributed by atoms with van der Waals surface area (Å²) in [6.45, 7) is 1.87. The van der Waals surface area contributed by atoms with Gasteiger partial charge in [0.15, 0.2) is 5.11 Å². The van der Waals surface area contributed by atoms with E-state index in [0.717, 1.165) is 0 Å². The third-order valence-corrected chi connectivity index (χ3v) is 3.06. The van der Waals surface area contributed by atoms with Crippen LogP contribution in [0.1, 0.15) is 30.1 Å². The number of thiocarbonyl (C=S) groups is 1. The lowest BCUT2D eigenvalue weighted by atomic mass is 10.2. The van der Waals surface area contributed by atoms with Crippen molar-refractivity contribution in [2.75, 3.05) is 5.32 Å². The lowest BCUT2D eigenvalue weighted by molar-refractivity contribution is -0.119. The molecule has 0 radical (unpaired) electrons. The van der Waals surface area contributed by atoms with E-state index in [1.165, 1.54) is 12.1 Å². The Hall–Kier alpha value is -1.37. The molecule has 0 atom stereocenters. The largest absolute Gasteiger partial charge is 0.478 e. The Kier molecular flexibility index (Phi) is 6.19. The van der Waals surface area contributed by atoms with Crippen LogP contribution in [0.2, 0.25) is 10.0 Å². The third-order valence-electron chi connectivity index (χ3n) is 2.26. The number of carboxylic acid groups (broad SMARTS) is 1. The van der Waals surface area contributed by atoms with Gasteiger partial charge in [-0.3, -0.25) is 4.79 Å². The Balaban J connectivity index is 2.85. The van der Waals surface area contributed by atoms with Gasteiger partial charge in [0, 0.05) is 6.42 Å². The zero-order valence-electron chi connectivity index (χ0n) is 10.5. The first kappa shape index (κ1) is 16.7. The zero-order valence-corrected chi connectivity index (χ0v) is 12.8. The molecule has 20 heavy (non-hydrogen) atoms. The summed E-state index contributed by atoms with van der Waals surface area (Å²) in [5.41, 5.74) is 0.214. The minimum absolute atomic E-state index is 0.0357. The number of halogens is 2. The van der Waals surface area contributed by atoms with Crippen molar-refractivity contribution in [2.45, 2.75) is 19.8 Å². The number of amides is 1. The van der Waals surface area contributed by atoms with E-state index in [1.54, 1.807) is 0 Å². The average Bonchev–Trinajstić information content (AvgIpc) is 2.33. The van der Waals surface area contributed by atoms with Gasteiger partial charge in [-0.15, -0.1) is 0 Å². The Labute approximate surface area is 131 Å². The summed E-state index contributed by atoms with van der Waals surface area (Å²) in [6.07, 6.45) is 1.05. The topological polar surface area (TPSA) is 78.4 Å². The van der Waals surface area contributed by atoms with Crippen molar-refractivity contribution in [3.05, 3.63) is 27.7 Å². The van der Waals surface area contributed by atoms with Gasteiger partial charge in [0.1, 0.15) is 0 Å². The minimum atomic E-state index is -1.14. The van der Waals surface area contributed by atoms with Crippen molar-refractivity contribution in [1.82, 2.24) is 5.32 Å². The molecule has 0 spiro atoms. The highest BCUT2D eigenvalue weighted by Crippen LogP contribution is 2.31. The van der Waals surface area contributed by atoms with Crippen LogP contribution in [0.5, 0.6) is 0 Å². The van der Waals surface area contributed by atoms with Crippen molar-refractivity contribution in [3.8, 4) is 0 Å². The molecule has 5 nitrogen and oxygen atoms in total. The summed E-state index contributed by atoms with van der Waals surface area (Å²) < 4.78 is 0. The number of hydrogen-bond donors (Lipinski definition) is 3. The first-order chi connectivity index (χ1) is 9.35. The molecule has 1 aromatic rings. The van der Waals surface area contributed by atoms with Gasteiger partial charge in [-0.05, 0) is 30.8 Å². The summed E-state index contributed by atoms with van der Waals surface area (Å²) >= 11 is 16.8. The minimum Gasteiger partial charge on any atom is -0.478 e. The molecular formula is C12H12Cl2N2O3S. The van der Waals surface area contributed by atoms with Gasteiger partial charge in [-0.1, -0.05) is 30.1 Å². The average molecular weight is 335 g/mol. The number of carboxylic acids is 1. The highest BCUT2D eigenvalue weighted by Gasteiger charge is 2.14. The maximum absolute atomic E-state index is 11.4. The highest BCUT2D eigenvalue weighted by molar-refractivity contribution is 7.80. The summed E-state index contributed by atoms with van der Waals surface area (Å²) in [5, 5.41) is 14.3. The molecule has 0 saturated heterocycles. The van der Waals surface area contributed by atoms with E-state index >= 15 is 0 Å². The van der Waals surface area contributed by atoms with Crippen LogP contribution in [-0.4, -0.2) is 22.1 Å². The number of nitrogens with one attached hydrogen (secondary N) is 2. The molecule has 0 aromatic heterocycles. The second kappa shape index (κ2) is 7.42. The lowest BCUT2D eigenvalue weighted by Gasteiger charge is -2.12. The van der Waals surface area contributed by atoms with E-state index < -0.39 is 5.97 Å². The first-order valence-corrected chi connectivity index (χ1v) is 6.84.